The maximum absolute atomic E-state index is 13.4. The summed E-state index contributed by atoms with van der Waals surface area (Å²) in [6.45, 7) is 0. The van der Waals surface area contributed by atoms with Crippen LogP contribution in [0.5, 0.6) is 0 Å². The lowest BCUT2D eigenvalue weighted by molar-refractivity contribution is 0.568. The molecule has 1 rings (SSSR count). The standard InChI is InChI=1S/C7H8BrFN4O2S/c8-3-1-4(9)6(2-5(3)10)16(14,15)13-7(11)12/h1-2H,10H2,(H4,11,12,13). The maximum Gasteiger partial charge on any atom is 0.288 e. The van der Waals surface area contributed by atoms with E-state index < -0.39 is 26.7 Å². The first-order valence-electron chi connectivity index (χ1n) is 3.84. The van der Waals surface area contributed by atoms with Gasteiger partial charge in [0.05, 0.1) is 0 Å². The zero-order valence-electron chi connectivity index (χ0n) is 7.81. The molecule has 0 amide bonds. The molecule has 0 radical (unpaired) electrons. The van der Waals surface area contributed by atoms with Gasteiger partial charge >= 0.3 is 0 Å². The predicted octanol–water partition coefficient (Wildman–Crippen LogP) is 0.132. The Hall–Kier alpha value is -1.35. The minimum absolute atomic E-state index is 0.0609. The molecule has 0 aliphatic carbocycles. The summed E-state index contributed by atoms with van der Waals surface area (Å²) >= 11 is 2.95. The Morgan fingerprint density at radius 2 is 1.94 bits per heavy atom. The van der Waals surface area contributed by atoms with Crippen molar-refractivity contribution in [3.05, 3.63) is 22.4 Å². The molecule has 0 aliphatic rings. The second-order valence-corrected chi connectivity index (χ2v) is 5.22. The second-order valence-electron chi connectivity index (χ2n) is 2.80. The summed E-state index contributed by atoms with van der Waals surface area (Å²) in [5, 5.41) is 0. The lowest BCUT2D eigenvalue weighted by Crippen LogP contribution is -2.24. The molecule has 0 aliphatic heterocycles. The van der Waals surface area contributed by atoms with Crippen molar-refractivity contribution in [2.24, 2.45) is 15.9 Å². The molecule has 6 nitrogen and oxygen atoms in total. The average Bonchev–Trinajstić information content (AvgIpc) is 2.08. The molecule has 0 fully saturated rings. The molecule has 0 aromatic heterocycles. The van der Waals surface area contributed by atoms with Crippen molar-refractivity contribution in [2.45, 2.75) is 4.90 Å². The summed E-state index contributed by atoms with van der Waals surface area (Å²) < 4.78 is 39.5. The summed E-state index contributed by atoms with van der Waals surface area (Å²) in [6.07, 6.45) is 0. The Balaban J connectivity index is 3.46. The Morgan fingerprint density at radius 1 is 1.38 bits per heavy atom. The number of halogens is 2. The normalized spacial score (nSPS) is 11.1. The highest BCUT2D eigenvalue weighted by atomic mass is 79.9. The third-order valence-corrected chi connectivity index (χ3v) is 3.56. The molecule has 0 unspecified atom stereocenters. The van der Waals surface area contributed by atoms with E-state index in [9.17, 15) is 12.8 Å². The number of sulfonamides is 1. The Bertz CT molecular complexity index is 554. The van der Waals surface area contributed by atoms with Gasteiger partial charge in [-0.05, 0) is 28.1 Å². The first-order chi connectivity index (χ1) is 7.24. The first kappa shape index (κ1) is 12.7. The first-order valence-corrected chi connectivity index (χ1v) is 6.08. The molecule has 88 valence electrons. The van der Waals surface area contributed by atoms with Gasteiger partial charge in [0.2, 0.25) is 5.96 Å². The van der Waals surface area contributed by atoms with Crippen LogP contribution in [0.1, 0.15) is 0 Å². The third-order valence-electron chi connectivity index (χ3n) is 1.55. The highest BCUT2D eigenvalue weighted by molar-refractivity contribution is 9.10. The molecule has 0 spiro atoms. The molecule has 16 heavy (non-hydrogen) atoms. The molecule has 0 saturated carbocycles. The van der Waals surface area contributed by atoms with Gasteiger partial charge in [-0.1, -0.05) is 0 Å². The van der Waals surface area contributed by atoms with Crippen molar-refractivity contribution in [1.82, 2.24) is 0 Å². The number of nitrogen functional groups attached to an aromatic ring is 1. The summed E-state index contributed by atoms with van der Waals surface area (Å²) in [5.74, 6) is -1.67. The molecule has 0 atom stereocenters. The fraction of sp³-hybridized carbons (Fsp3) is 0. The number of anilines is 1. The number of nitrogens with zero attached hydrogens (tertiary/aromatic N) is 1. The molecule has 9 heteroatoms. The second kappa shape index (κ2) is 4.26. The van der Waals surface area contributed by atoms with E-state index in [0.29, 0.717) is 0 Å². The lowest BCUT2D eigenvalue weighted by atomic mass is 10.3. The van der Waals surface area contributed by atoms with E-state index in [4.69, 9.17) is 17.2 Å². The summed E-state index contributed by atoms with van der Waals surface area (Å²) in [7, 11) is -4.27. The molecule has 0 saturated heterocycles. The van der Waals surface area contributed by atoms with Crippen LogP contribution in [0, 0.1) is 5.82 Å². The van der Waals surface area contributed by atoms with E-state index in [1.165, 1.54) is 0 Å². The number of guanidine groups is 1. The van der Waals surface area contributed by atoms with E-state index in [1.54, 1.807) is 0 Å². The summed E-state index contributed by atoms with van der Waals surface area (Å²) in [5.41, 5.74) is 15.3. The SMILES string of the molecule is NC(N)=NS(=O)(=O)c1cc(N)c(Br)cc1F. The lowest BCUT2D eigenvalue weighted by Gasteiger charge is -2.04. The van der Waals surface area contributed by atoms with Crippen LogP contribution in [0.2, 0.25) is 0 Å². The monoisotopic (exact) mass is 310 g/mol. The summed E-state index contributed by atoms with van der Waals surface area (Å²) in [4.78, 5) is -0.679. The number of hydrogen-bond acceptors (Lipinski definition) is 3. The van der Waals surface area contributed by atoms with Crippen molar-refractivity contribution < 1.29 is 12.8 Å². The van der Waals surface area contributed by atoms with E-state index in [0.717, 1.165) is 12.1 Å². The molecular formula is C7H8BrFN4O2S. The Labute approximate surface area is 99.5 Å². The molecule has 0 bridgehead atoms. The fourth-order valence-electron chi connectivity index (χ4n) is 0.930. The smallest absolute Gasteiger partial charge is 0.288 e. The average molecular weight is 311 g/mol. The number of hydrogen-bond donors (Lipinski definition) is 3. The molecule has 0 heterocycles. The van der Waals surface area contributed by atoms with E-state index in [2.05, 4.69) is 20.3 Å². The van der Waals surface area contributed by atoms with Crippen molar-refractivity contribution >= 4 is 37.6 Å². The molecule has 1 aromatic rings. The molecular weight excluding hydrogens is 303 g/mol. The quantitative estimate of drug-likeness (QED) is 0.407. The highest BCUT2D eigenvalue weighted by Gasteiger charge is 2.20. The number of rotatable bonds is 2. The van der Waals surface area contributed by atoms with Crippen LogP contribution in [-0.4, -0.2) is 14.4 Å². The van der Waals surface area contributed by atoms with Crippen LogP contribution in [0.25, 0.3) is 0 Å². The van der Waals surface area contributed by atoms with Crippen molar-refractivity contribution in [3.63, 3.8) is 0 Å². The van der Waals surface area contributed by atoms with Gasteiger partial charge in [-0.3, -0.25) is 0 Å². The zero-order chi connectivity index (χ0) is 12.5. The van der Waals surface area contributed by atoms with Crippen LogP contribution in [-0.2, 0) is 10.0 Å². The Kier molecular flexibility index (Phi) is 3.38. The predicted molar refractivity (Wildman–Crippen MR) is 61.5 cm³/mol. The van der Waals surface area contributed by atoms with E-state index in [-0.39, 0.29) is 10.2 Å². The van der Waals surface area contributed by atoms with Gasteiger partial charge in [-0.25, -0.2) is 4.39 Å². The minimum Gasteiger partial charge on any atom is -0.398 e. The van der Waals surface area contributed by atoms with Gasteiger partial charge < -0.3 is 17.2 Å². The number of benzene rings is 1. The van der Waals surface area contributed by atoms with Gasteiger partial charge in [-0.2, -0.15) is 8.42 Å². The third kappa shape index (κ3) is 2.61. The van der Waals surface area contributed by atoms with Crippen molar-refractivity contribution in [3.8, 4) is 0 Å². The maximum atomic E-state index is 13.4. The van der Waals surface area contributed by atoms with E-state index >= 15 is 0 Å². The van der Waals surface area contributed by atoms with E-state index in [1.807, 2.05) is 0 Å². The van der Waals surface area contributed by atoms with Gasteiger partial charge in [0.25, 0.3) is 10.0 Å². The van der Waals surface area contributed by atoms with Crippen LogP contribution in [0.3, 0.4) is 0 Å². The van der Waals surface area contributed by atoms with Crippen LogP contribution < -0.4 is 17.2 Å². The minimum atomic E-state index is -4.27. The highest BCUT2D eigenvalue weighted by Crippen LogP contribution is 2.26. The zero-order valence-corrected chi connectivity index (χ0v) is 10.2. The van der Waals surface area contributed by atoms with Crippen LogP contribution >= 0.6 is 15.9 Å². The van der Waals surface area contributed by atoms with Crippen molar-refractivity contribution in [2.75, 3.05) is 5.73 Å². The largest absolute Gasteiger partial charge is 0.398 e. The van der Waals surface area contributed by atoms with Gasteiger partial charge in [0.15, 0.2) is 0 Å². The Morgan fingerprint density at radius 3 is 2.44 bits per heavy atom. The van der Waals surface area contributed by atoms with Crippen LogP contribution in [0.4, 0.5) is 10.1 Å². The topological polar surface area (TPSA) is 125 Å². The van der Waals surface area contributed by atoms with Gasteiger partial charge in [0.1, 0.15) is 10.7 Å². The van der Waals surface area contributed by atoms with Crippen molar-refractivity contribution in [1.29, 1.82) is 0 Å². The summed E-state index contributed by atoms with van der Waals surface area (Å²) in [6, 6.07) is 1.85. The molecule has 6 N–H and O–H groups in total. The van der Waals surface area contributed by atoms with Crippen LogP contribution in [0.15, 0.2) is 25.9 Å². The molecule has 1 aromatic carbocycles. The number of nitrogens with two attached hydrogens (primary N) is 3. The van der Waals surface area contributed by atoms with Gasteiger partial charge in [0, 0.05) is 10.2 Å². The fourth-order valence-corrected chi connectivity index (χ4v) is 2.20. The van der Waals surface area contributed by atoms with Gasteiger partial charge in [-0.15, -0.1) is 4.40 Å².